The third-order valence-electron chi connectivity index (χ3n) is 6.81. The molecular formula is C23H37N3O6Si. The molecule has 1 fully saturated rings. The van der Waals surface area contributed by atoms with Crippen molar-refractivity contribution in [2.45, 2.75) is 77.4 Å². The van der Waals surface area contributed by atoms with Gasteiger partial charge in [0, 0.05) is 19.2 Å². The van der Waals surface area contributed by atoms with E-state index in [0.29, 0.717) is 0 Å². The fourth-order valence-corrected chi connectivity index (χ4v) is 5.19. The molecule has 1 unspecified atom stereocenters. The number of hydrazine groups is 1. The van der Waals surface area contributed by atoms with Crippen LogP contribution >= 0.6 is 0 Å². The summed E-state index contributed by atoms with van der Waals surface area (Å²) in [4.78, 5) is 51.8. The number of β-lactam (4-membered cyclic amide) rings is 1. The molecule has 9 nitrogen and oxygen atoms in total. The normalized spacial score (nSPS) is 24.2. The number of imide groups is 1. The van der Waals surface area contributed by atoms with Crippen LogP contribution in [-0.2, 0) is 28.3 Å². The Morgan fingerprint density at radius 2 is 1.91 bits per heavy atom. The van der Waals surface area contributed by atoms with Crippen molar-refractivity contribution < 1.29 is 28.3 Å². The Labute approximate surface area is 197 Å². The maximum Gasteiger partial charge on any atom is 0.397 e. The second-order valence-corrected chi connectivity index (χ2v) is 15.0. The zero-order chi connectivity index (χ0) is 25.3. The molecule has 2 rings (SSSR count). The first-order valence-electron chi connectivity index (χ1n) is 11.2. The molecule has 0 aromatic carbocycles. The molecule has 0 saturated carbocycles. The zero-order valence-corrected chi connectivity index (χ0v) is 21.9. The van der Waals surface area contributed by atoms with Crippen LogP contribution in [0.4, 0.5) is 0 Å². The number of ether oxygens (including phenoxy) is 1. The Morgan fingerprint density at radius 3 is 2.39 bits per heavy atom. The van der Waals surface area contributed by atoms with Crippen molar-refractivity contribution in [1.29, 1.82) is 0 Å². The molecule has 2 amide bonds. The summed E-state index contributed by atoms with van der Waals surface area (Å²) in [6.45, 7) is 17.4. The van der Waals surface area contributed by atoms with Crippen LogP contribution < -0.4 is 5.43 Å². The molecule has 0 bridgehead atoms. The number of likely N-dealkylation sites (tertiary alicyclic amines) is 1. The van der Waals surface area contributed by atoms with Gasteiger partial charge in [-0.25, -0.2) is 10.2 Å². The molecule has 0 aromatic rings. The number of hydrogen-bond acceptors (Lipinski definition) is 8. The lowest BCUT2D eigenvalue weighted by Gasteiger charge is -2.49. The molecule has 1 N–H and O–H groups in total. The van der Waals surface area contributed by atoms with Gasteiger partial charge in [-0.2, -0.15) is 0 Å². The average Bonchev–Trinajstić information content (AvgIpc) is 3.02. The molecule has 10 heteroatoms. The van der Waals surface area contributed by atoms with Gasteiger partial charge in [0.05, 0.1) is 18.1 Å². The van der Waals surface area contributed by atoms with Crippen molar-refractivity contribution in [2.24, 2.45) is 5.92 Å². The highest BCUT2D eigenvalue weighted by Gasteiger charge is 2.57. The number of amides is 2. The highest BCUT2D eigenvalue weighted by molar-refractivity contribution is 6.74. The van der Waals surface area contributed by atoms with Crippen molar-refractivity contribution in [3.05, 3.63) is 24.4 Å². The van der Waals surface area contributed by atoms with Crippen LogP contribution in [0, 0.1) is 5.92 Å². The lowest BCUT2D eigenvalue weighted by atomic mass is 9.79. The van der Waals surface area contributed by atoms with Gasteiger partial charge < -0.3 is 14.2 Å². The Bertz CT molecular complexity index is 863. The highest BCUT2D eigenvalue weighted by atomic mass is 28.4. The van der Waals surface area contributed by atoms with E-state index < -0.39 is 50.2 Å². The van der Waals surface area contributed by atoms with Crippen LogP contribution in [0.2, 0.25) is 18.1 Å². The summed E-state index contributed by atoms with van der Waals surface area (Å²) >= 11 is 0. The molecule has 2 aliphatic heterocycles. The summed E-state index contributed by atoms with van der Waals surface area (Å²) in [5, 5.41) is 1.66. The topological polar surface area (TPSA) is 105 Å². The Hall–Kier alpha value is -2.30. The predicted molar refractivity (Wildman–Crippen MR) is 126 cm³/mol. The maximum atomic E-state index is 13.0. The number of nitrogens with one attached hydrogen (secondary N) is 1. The minimum Gasteiger partial charge on any atom is -0.454 e. The number of Topliss-reactive ketones (excluding diaryl/α,β-unsaturated/α-hetero) is 1. The number of hydrogen-bond donors (Lipinski definition) is 1. The van der Waals surface area contributed by atoms with Crippen LogP contribution in [0.15, 0.2) is 24.4 Å². The predicted octanol–water partition coefficient (Wildman–Crippen LogP) is 2.16. The summed E-state index contributed by atoms with van der Waals surface area (Å²) < 4.78 is 11.2. The smallest absolute Gasteiger partial charge is 0.397 e. The third kappa shape index (κ3) is 5.61. The van der Waals surface area contributed by atoms with Crippen LogP contribution in [0.25, 0.3) is 0 Å². The zero-order valence-electron chi connectivity index (χ0n) is 20.9. The van der Waals surface area contributed by atoms with Crippen LogP contribution in [0.1, 0.15) is 41.0 Å². The van der Waals surface area contributed by atoms with Crippen molar-refractivity contribution >= 4 is 31.9 Å². The SMILES string of the molecule is C=CCOC(=O)C(=O)N1C(=O)[C@H]([C@@H](C)O[Si](C)(C)C(C)(C)C)[C@H]1CC(=O)C1C=C(C)N(C)N1. The summed E-state index contributed by atoms with van der Waals surface area (Å²) in [6.07, 6.45) is 2.52. The molecule has 33 heavy (non-hydrogen) atoms. The van der Waals surface area contributed by atoms with E-state index in [0.717, 1.165) is 10.6 Å². The first-order chi connectivity index (χ1) is 15.1. The van der Waals surface area contributed by atoms with Gasteiger partial charge in [0.2, 0.25) is 5.91 Å². The number of nitrogens with zero attached hydrogens (tertiary/aromatic N) is 2. The maximum absolute atomic E-state index is 13.0. The number of allylic oxidation sites excluding steroid dienone is 1. The first kappa shape index (κ1) is 26.9. The lowest BCUT2D eigenvalue weighted by Crippen LogP contribution is -2.69. The van der Waals surface area contributed by atoms with Crippen LogP contribution in [0.3, 0.4) is 0 Å². The number of ketones is 1. The van der Waals surface area contributed by atoms with E-state index in [9.17, 15) is 19.2 Å². The van der Waals surface area contributed by atoms with Gasteiger partial charge in [-0.05, 0) is 38.1 Å². The molecule has 1 saturated heterocycles. The van der Waals surface area contributed by atoms with Gasteiger partial charge in [0.1, 0.15) is 12.6 Å². The van der Waals surface area contributed by atoms with Gasteiger partial charge in [-0.1, -0.05) is 33.4 Å². The number of rotatable bonds is 8. The quantitative estimate of drug-likeness (QED) is 0.186. The Balaban J connectivity index is 2.26. The minimum atomic E-state index is -2.22. The van der Waals surface area contributed by atoms with E-state index >= 15 is 0 Å². The van der Waals surface area contributed by atoms with E-state index in [1.165, 1.54) is 6.08 Å². The Kier molecular flexibility index (Phi) is 8.09. The molecule has 4 atom stereocenters. The van der Waals surface area contributed by atoms with Crippen LogP contribution in [-0.4, -0.2) is 73.6 Å². The second-order valence-electron chi connectivity index (χ2n) is 10.2. The summed E-state index contributed by atoms with van der Waals surface area (Å²) in [6, 6.07) is -1.34. The van der Waals surface area contributed by atoms with E-state index in [1.54, 1.807) is 25.1 Å². The number of carbonyl (C=O) groups is 4. The van der Waals surface area contributed by atoms with Gasteiger partial charge >= 0.3 is 11.9 Å². The van der Waals surface area contributed by atoms with E-state index in [2.05, 4.69) is 45.9 Å². The van der Waals surface area contributed by atoms with Crippen molar-refractivity contribution in [1.82, 2.24) is 15.3 Å². The highest BCUT2D eigenvalue weighted by Crippen LogP contribution is 2.41. The lowest BCUT2D eigenvalue weighted by molar-refractivity contribution is -0.180. The summed E-state index contributed by atoms with van der Waals surface area (Å²) in [5.74, 6) is -3.63. The molecule has 0 aromatic heterocycles. The van der Waals surface area contributed by atoms with E-state index in [4.69, 9.17) is 9.16 Å². The van der Waals surface area contributed by atoms with Crippen molar-refractivity contribution in [2.75, 3.05) is 13.7 Å². The van der Waals surface area contributed by atoms with E-state index in [1.807, 2.05) is 6.92 Å². The fourth-order valence-electron chi connectivity index (χ4n) is 3.76. The largest absolute Gasteiger partial charge is 0.454 e. The molecular weight excluding hydrogens is 442 g/mol. The first-order valence-corrected chi connectivity index (χ1v) is 14.1. The molecule has 0 spiro atoms. The average molecular weight is 480 g/mol. The third-order valence-corrected chi connectivity index (χ3v) is 11.4. The number of esters is 1. The van der Waals surface area contributed by atoms with Crippen LogP contribution in [0.5, 0.6) is 0 Å². The Morgan fingerprint density at radius 1 is 1.30 bits per heavy atom. The summed E-state index contributed by atoms with van der Waals surface area (Å²) in [7, 11) is -0.416. The van der Waals surface area contributed by atoms with Gasteiger partial charge in [-0.3, -0.25) is 19.3 Å². The van der Waals surface area contributed by atoms with Gasteiger partial charge in [0.25, 0.3) is 0 Å². The number of carbonyl (C=O) groups excluding carboxylic acids is 4. The van der Waals surface area contributed by atoms with Gasteiger partial charge in [-0.15, -0.1) is 0 Å². The minimum absolute atomic E-state index is 0.0793. The monoisotopic (exact) mass is 479 g/mol. The molecule has 184 valence electrons. The second kappa shape index (κ2) is 9.90. The summed E-state index contributed by atoms with van der Waals surface area (Å²) in [5.41, 5.74) is 3.93. The fraction of sp³-hybridized carbons (Fsp3) is 0.652. The molecule has 0 radical (unpaired) electrons. The molecule has 2 aliphatic rings. The van der Waals surface area contributed by atoms with E-state index in [-0.39, 0.29) is 23.8 Å². The van der Waals surface area contributed by atoms with Gasteiger partial charge in [0.15, 0.2) is 14.1 Å². The van der Waals surface area contributed by atoms with Crippen molar-refractivity contribution in [3.8, 4) is 0 Å². The molecule has 2 heterocycles. The molecule has 0 aliphatic carbocycles. The standard InChI is InChI=1S/C23H37N3O6Si/c1-10-11-31-22(30)21(29)26-17(13-18(27)16-12-14(2)25(7)24-16)19(20(26)28)15(3)32-33(8,9)23(4,5)6/h10,12,15-17,19,24H,1,11,13H2,2-9H3/t15-,16?,17-,19-/m1/s1. The van der Waals surface area contributed by atoms with Crippen molar-refractivity contribution in [3.63, 3.8) is 0 Å².